The molecule has 138 valence electrons. The summed E-state index contributed by atoms with van der Waals surface area (Å²) in [5, 5.41) is 2.45. The van der Waals surface area contributed by atoms with E-state index >= 15 is 0 Å². The maximum atomic E-state index is 12.1. The highest BCUT2D eigenvalue weighted by Gasteiger charge is 2.36. The lowest BCUT2D eigenvalue weighted by molar-refractivity contribution is -0.133. The van der Waals surface area contributed by atoms with Crippen LogP contribution < -0.4 is 16.6 Å². The first-order valence-electron chi connectivity index (χ1n) is 7.30. The summed E-state index contributed by atoms with van der Waals surface area (Å²) in [5.41, 5.74) is -1.06. The molecule has 0 bridgehead atoms. The van der Waals surface area contributed by atoms with E-state index in [1.165, 1.54) is 20.4 Å². The number of carbonyl (C=O) groups excluding carboxylic acids is 1. The number of likely N-dealkylation sites (N-methyl/N-ethyl adjacent to an activating group) is 1. The van der Waals surface area contributed by atoms with Gasteiger partial charge in [-0.2, -0.15) is 0 Å². The third-order valence-corrected chi connectivity index (χ3v) is 3.91. The van der Waals surface area contributed by atoms with Crippen LogP contribution in [0.5, 0.6) is 0 Å². The first kappa shape index (κ1) is 19.5. The molecule has 2 atom stereocenters. The molecule has 11 heteroatoms. The van der Waals surface area contributed by atoms with E-state index in [2.05, 4.69) is 15.3 Å². The van der Waals surface area contributed by atoms with E-state index < -0.39 is 23.5 Å². The van der Waals surface area contributed by atoms with Gasteiger partial charge in [0.05, 0.1) is 12.7 Å². The predicted octanol–water partition coefficient (Wildman–Crippen LogP) is -0.120. The standard InChI is InChI=1S/C14H18IN3O7/c1-16-11(19)6-23-9-3-8(22-2)10(5-24-15)25-12(9)7-4-17-14(21)18-13(7)20/h4,9,12H,3,5-6H2,1-2H3,(H,16,19)(H2,17,18,20,21)/t9?,12-/m0/s1. The molecular weight excluding hydrogens is 449 g/mol. The van der Waals surface area contributed by atoms with E-state index in [0.717, 1.165) is 0 Å². The summed E-state index contributed by atoms with van der Waals surface area (Å²) in [5.74, 6) is 0.585. The summed E-state index contributed by atoms with van der Waals surface area (Å²) < 4.78 is 21.8. The van der Waals surface area contributed by atoms with E-state index in [1.807, 2.05) is 0 Å². The highest BCUT2D eigenvalue weighted by Crippen LogP contribution is 2.35. The van der Waals surface area contributed by atoms with Crippen molar-refractivity contribution in [1.82, 2.24) is 15.3 Å². The van der Waals surface area contributed by atoms with Crippen molar-refractivity contribution < 1.29 is 22.1 Å². The van der Waals surface area contributed by atoms with Gasteiger partial charge in [-0.15, -0.1) is 0 Å². The van der Waals surface area contributed by atoms with Crippen molar-refractivity contribution in [2.24, 2.45) is 0 Å². The number of H-pyrrole nitrogens is 2. The minimum atomic E-state index is -0.842. The van der Waals surface area contributed by atoms with Crippen molar-refractivity contribution in [3.05, 3.63) is 44.1 Å². The summed E-state index contributed by atoms with van der Waals surface area (Å²) in [6.45, 7) is -0.0823. The molecule has 25 heavy (non-hydrogen) atoms. The second kappa shape index (κ2) is 9.01. The van der Waals surface area contributed by atoms with Gasteiger partial charge in [-0.05, 0) is 0 Å². The fraction of sp³-hybridized carbons (Fsp3) is 0.500. The van der Waals surface area contributed by atoms with E-state index in [9.17, 15) is 14.4 Å². The van der Waals surface area contributed by atoms with Gasteiger partial charge in [-0.3, -0.25) is 14.6 Å². The van der Waals surface area contributed by atoms with Crippen LogP contribution in [0, 0.1) is 0 Å². The zero-order chi connectivity index (χ0) is 18.4. The van der Waals surface area contributed by atoms with Gasteiger partial charge in [0, 0.05) is 19.7 Å². The van der Waals surface area contributed by atoms with E-state index in [4.69, 9.17) is 17.3 Å². The fourth-order valence-corrected chi connectivity index (χ4v) is 2.64. The van der Waals surface area contributed by atoms with Crippen LogP contribution in [0.3, 0.4) is 0 Å². The van der Waals surface area contributed by atoms with Crippen LogP contribution in [0.1, 0.15) is 18.1 Å². The van der Waals surface area contributed by atoms with Gasteiger partial charge >= 0.3 is 5.69 Å². The quantitative estimate of drug-likeness (QED) is 0.477. The third-order valence-electron chi connectivity index (χ3n) is 3.60. The first-order chi connectivity index (χ1) is 12.0. The molecular formula is C14H18IN3O7. The Bertz CT molecular complexity index is 757. The van der Waals surface area contributed by atoms with Gasteiger partial charge in [-0.1, -0.05) is 0 Å². The molecule has 1 unspecified atom stereocenters. The molecule has 0 spiro atoms. The Balaban J connectivity index is 2.36. The maximum Gasteiger partial charge on any atom is 0.325 e. The van der Waals surface area contributed by atoms with Crippen LogP contribution in [0.25, 0.3) is 0 Å². The number of hydrogen-bond acceptors (Lipinski definition) is 7. The normalized spacial score (nSPS) is 20.1. The van der Waals surface area contributed by atoms with E-state index in [0.29, 0.717) is 11.5 Å². The average molecular weight is 467 g/mol. The molecule has 2 heterocycles. The minimum absolute atomic E-state index is 0.129. The molecule has 2 rings (SSSR count). The summed E-state index contributed by atoms with van der Waals surface area (Å²) in [6.07, 6.45) is 0.0250. The number of methoxy groups -OCH3 is 1. The topological polar surface area (TPSA) is 132 Å². The van der Waals surface area contributed by atoms with Gasteiger partial charge in [-0.25, -0.2) is 4.79 Å². The molecule has 3 N–H and O–H groups in total. The Hall–Kier alpha value is -1.86. The number of halogens is 1. The summed E-state index contributed by atoms with van der Waals surface area (Å²) in [7, 11) is 2.97. The van der Waals surface area contributed by atoms with Gasteiger partial charge in [0.1, 0.15) is 48.1 Å². The van der Waals surface area contributed by atoms with Gasteiger partial charge in [0.25, 0.3) is 5.56 Å². The van der Waals surface area contributed by atoms with Crippen molar-refractivity contribution in [3.8, 4) is 0 Å². The molecule has 1 amide bonds. The van der Waals surface area contributed by atoms with Crippen LogP contribution in [-0.2, 0) is 22.1 Å². The monoisotopic (exact) mass is 467 g/mol. The smallest absolute Gasteiger partial charge is 0.325 e. The maximum absolute atomic E-state index is 12.1. The van der Waals surface area contributed by atoms with Gasteiger partial charge in [0.15, 0.2) is 11.9 Å². The number of aromatic nitrogens is 2. The Labute approximate surface area is 156 Å². The number of nitrogens with one attached hydrogen (secondary N) is 3. The van der Waals surface area contributed by atoms with Crippen molar-refractivity contribution >= 4 is 28.9 Å². The molecule has 1 aliphatic rings. The van der Waals surface area contributed by atoms with Crippen LogP contribution in [-0.4, -0.2) is 49.4 Å². The highest BCUT2D eigenvalue weighted by atomic mass is 127. The predicted molar refractivity (Wildman–Crippen MR) is 93.9 cm³/mol. The SMILES string of the molecule is CNC(=O)COC1CC(OC)=C(COI)O[C@H]1c1c[nH]c(=O)[nH]c1=O. The molecule has 1 aromatic heterocycles. The largest absolute Gasteiger partial charge is 0.497 e. The Morgan fingerprint density at radius 1 is 1.48 bits per heavy atom. The lowest BCUT2D eigenvalue weighted by Crippen LogP contribution is -2.38. The Kier molecular flexibility index (Phi) is 7.01. The highest BCUT2D eigenvalue weighted by molar-refractivity contribution is 14.1. The summed E-state index contributed by atoms with van der Waals surface area (Å²) in [6, 6.07) is 0. The number of aromatic amines is 2. The number of rotatable bonds is 7. The van der Waals surface area contributed by atoms with Crippen molar-refractivity contribution in [1.29, 1.82) is 0 Å². The molecule has 0 saturated heterocycles. The molecule has 0 fully saturated rings. The molecule has 0 radical (unpaired) electrons. The first-order valence-corrected chi connectivity index (χ1v) is 8.18. The average Bonchev–Trinajstić information content (AvgIpc) is 2.60. The van der Waals surface area contributed by atoms with Crippen molar-refractivity contribution in [2.75, 3.05) is 27.4 Å². The summed E-state index contributed by atoms with van der Waals surface area (Å²) in [4.78, 5) is 39.4. The van der Waals surface area contributed by atoms with Crippen molar-refractivity contribution in [3.63, 3.8) is 0 Å². The second-order valence-corrected chi connectivity index (χ2v) is 5.72. The zero-order valence-corrected chi connectivity index (χ0v) is 15.7. The van der Waals surface area contributed by atoms with Crippen LogP contribution in [0.15, 0.2) is 27.3 Å². The second-order valence-electron chi connectivity index (χ2n) is 5.10. The Morgan fingerprint density at radius 3 is 2.84 bits per heavy atom. The lowest BCUT2D eigenvalue weighted by atomic mass is 10.00. The van der Waals surface area contributed by atoms with E-state index in [-0.39, 0.29) is 31.1 Å². The molecule has 1 aromatic rings. The molecule has 1 aliphatic heterocycles. The van der Waals surface area contributed by atoms with Crippen LogP contribution in [0.2, 0.25) is 0 Å². The molecule has 0 saturated carbocycles. The number of ether oxygens (including phenoxy) is 3. The lowest BCUT2D eigenvalue weighted by Gasteiger charge is -2.33. The number of amides is 1. The van der Waals surface area contributed by atoms with Crippen molar-refractivity contribution in [2.45, 2.75) is 18.6 Å². The van der Waals surface area contributed by atoms with Gasteiger partial charge < -0.3 is 27.6 Å². The zero-order valence-electron chi connectivity index (χ0n) is 13.6. The fourth-order valence-electron chi connectivity index (χ4n) is 2.36. The molecule has 10 nitrogen and oxygen atoms in total. The molecule has 0 aromatic carbocycles. The minimum Gasteiger partial charge on any atom is -0.497 e. The summed E-state index contributed by atoms with van der Waals surface area (Å²) >= 11 is 1.72. The van der Waals surface area contributed by atoms with Gasteiger partial charge in [0.2, 0.25) is 5.91 Å². The number of carbonyl (C=O) groups is 1. The third kappa shape index (κ3) is 4.83. The van der Waals surface area contributed by atoms with E-state index in [1.54, 1.807) is 23.0 Å². The molecule has 0 aliphatic carbocycles. The Morgan fingerprint density at radius 2 is 2.24 bits per heavy atom. The van der Waals surface area contributed by atoms with Crippen LogP contribution >= 0.6 is 23.0 Å². The van der Waals surface area contributed by atoms with Crippen LogP contribution in [0.4, 0.5) is 0 Å². The number of hydrogen-bond donors (Lipinski definition) is 3.